The fraction of sp³-hybridized carbons (Fsp3) is 0.188. The third kappa shape index (κ3) is 2.13. The molecule has 19 heavy (non-hydrogen) atoms. The monoisotopic (exact) mass is 249 g/mol. The first kappa shape index (κ1) is 11.6. The molecule has 0 amide bonds. The SMILES string of the molecule is N#Cc1ccccc1CN1CCc2ccc(N)cc21. The van der Waals surface area contributed by atoms with Gasteiger partial charge in [-0.25, -0.2) is 0 Å². The third-order valence-corrected chi connectivity index (χ3v) is 3.60. The summed E-state index contributed by atoms with van der Waals surface area (Å²) < 4.78 is 0. The van der Waals surface area contributed by atoms with Crippen LogP contribution in [0.3, 0.4) is 0 Å². The summed E-state index contributed by atoms with van der Waals surface area (Å²) in [5.41, 5.74) is 11.0. The Bertz CT molecular complexity index is 655. The van der Waals surface area contributed by atoms with Gasteiger partial charge in [-0.15, -0.1) is 0 Å². The molecule has 2 N–H and O–H groups in total. The van der Waals surface area contributed by atoms with Gasteiger partial charge in [-0.2, -0.15) is 5.26 Å². The molecule has 1 aliphatic rings. The second kappa shape index (κ2) is 4.66. The predicted octanol–water partition coefficient (Wildman–Crippen LogP) is 2.70. The van der Waals surface area contributed by atoms with Crippen molar-refractivity contribution in [3.05, 3.63) is 59.2 Å². The normalized spacial score (nSPS) is 13.1. The maximum Gasteiger partial charge on any atom is 0.0995 e. The molecule has 1 heterocycles. The van der Waals surface area contributed by atoms with Crippen LogP contribution in [0.4, 0.5) is 11.4 Å². The Morgan fingerprint density at radius 3 is 2.89 bits per heavy atom. The summed E-state index contributed by atoms with van der Waals surface area (Å²) in [6, 6.07) is 16.1. The van der Waals surface area contributed by atoms with Crippen molar-refractivity contribution in [1.29, 1.82) is 5.26 Å². The zero-order chi connectivity index (χ0) is 13.2. The van der Waals surface area contributed by atoms with Crippen molar-refractivity contribution < 1.29 is 0 Å². The number of nitrogens with two attached hydrogens (primary N) is 1. The van der Waals surface area contributed by atoms with Gasteiger partial charge in [-0.3, -0.25) is 0 Å². The quantitative estimate of drug-likeness (QED) is 0.832. The molecular formula is C16H15N3. The van der Waals surface area contributed by atoms with Crippen LogP contribution in [0, 0.1) is 11.3 Å². The van der Waals surface area contributed by atoms with Gasteiger partial charge in [-0.1, -0.05) is 24.3 Å². The number of anilines is 2. The summed E-state index contributed by atoms with van der Waals surface area (Å²) in [7, 11) is 0. The van der Waals surface area contributed by atoms with Crippen LogP contribution in [0.5, 0.6) is 0 Å². The van der Waals surface area contributed by atoms with Crippen LogP contribution in [0.2, 0.25) is 0 Å². The molecular weight excluding hydrogens is 234 g/mol. The molecule has 0 atom stereocenters. The summed E-state index contributed by atoms with van der Waals surface area (Å²) in [6.07, 6.45) is 1.05. The maximum atomic E-state index is 9.14. The number of rotatable bonds is 2. The van der Waals surface area contributed by atoms with Crippen LogP contribution in [0.1, 0.15) is 16.7 Å². The van der Waals surface area contributed by atoms with Gasteiger partial charge in [0, 0.05) is 24.5 Å². The van der Waals surface area contributed by atoms with Crippen LogP contribution in [0.25, 0.3) is 0 Å². The number of fused-ring (bicyclic) bond motifs is 1. The van der Waals surface area contributed by atoms with E-state index in [0.29, 0.717) is 0 Å². The fourth-order valence-electron chi connectivity index (χ4n) is 2.60. The summed E-state index contributed by atoms with van der Waals surface area (Å²) in [4.78, 5) is 2.29. The highest BCUT2D eigenvalue weighted by Crippen LogP contribution is 2.31. The van der Waals surface area contributed by atoms with Gasteiger partial charge in [0.25, 0.3) is 0 Å². The molecule has 1 aliphatic heterocycles. The Morgan fingerprint density at radius 2 is 2.05 bits per heavy atom. The second-order valence-electron chi connectivity index (χ2n) is 4.83. The van der Waals surface area contributed by atoms with Crippen molar-refractivity contribution in [2.24, 2.45) is 0 Å². The van der Waals surface area contributed by atoms with Crippen LogP contribution >= 0.6 is 0 Å². The van der Waals surface area contributed by atoms with E-state index in [1.165, 1.54) is 11.3 Å². The van der Waals surface area contributed by atoms with Gasteiger partial charge in [0.2, 0.25) is 0 Å². The van der Waals surface area contributed by atoms with Crippen molar-refractivity contribution in [1.82, 2.24) is 0 Å². The summed E-state index contributed by atoms with van der Waals surface area (Å²) >= 11 is 0. The van der Waals surface area contributed by atoms with Crippen LogP contribution < -0.4 is 10.6 Å². The summed E-state index contributed by atoms with van der Waals surface area (Å²) in [5, 5.41) is 9.14. The highest BCUT2D eigenvalue weighted by atomic mass is 15.1. The van der Waals surface area contributed by atoms with Gasteiger partial charge in [-0.05, 0) is 35.7 Å². The first-order valence-corrected chi connectivity index (χ1v) is 6.39. The molecule has 0 aromatic heterocycles. The second-order valence-corrected chi connectivity index (χ2v) is 4.83. The molecule has 2 aromatic carbocycles. The number of hydrogen-bond acceptors (Lipinski definition) is 3. The lowest BCUT2D eigenvalue weighted by molar-refractivity contribution is 0.834. The van der Waals surface area contributed by atoms with Crippen molar-refractivity contribution in [2.75, 3.05) is 17.2 Å². The van der Waals surface area contributed by atoms with Gasteiger partial charge < -0.3 is 10.6 Å². The molecule has 0 aliphatic carbocycles. The Hall–Kier alpha value is -2.47. The number of nitriles is 1. The highest BCUT2D eigenvalue weighted by Gasteiger charge is 2.19. The van der Waals surface area contributed by atoms with Gasteiger partial charge in [0.1, 0.15) is 0 Å². The van der Waals surface area contributed by atoms with Crippen LogP contribution in [-0.2, 0) is 13.0 Å². The van der Waals surface area contributed by atoms with Crippen molar-refractivity contribution in [3.8, 4) is 6.07 Å². The van der Waals surface area contributed by atoms with E-state index in [0.717, 1.165) is 36.3 Å². The lowest BCUT2D eigenvalue weighted by atomic mass is 10.1. The van der Waals surface area contributed by atoms with E-state index in [4.69, 9.17) is 11.0 Å². The molecule has 2 aromatic rings. The van der Waals surface area contributed by atoms with Crippen molar-refractivity contribution in [3.63, 3.8) is 0 Å². The fourth-order valence-corrected chi connectivity index (χ4v) is 2.60. The highest BCUT2D eigenvalue weighted by molar-refractivity contribution is 5.64. The molecule has 0 unspecified atom stereocenters. The maximum absolute atomic E-state index is 9.14. The Kier molecular flexibility index (Phi) is 2.85. The molecule has 0 radical (unpaired) electrons. The number of nitrogen functional groups attached to an aromatic ring is 1. The topological polar surface area (TPSA) is 53.0 Å². The minimum Gasteiger partial charge on any atom is -0.399 e. The number of benzene rings is 2. The van der Waals surface area contributed by atoms with E-state index in [9.17, 15) is 0 Å². The van der Waals surface area contributed by atoms with Gasteiger partial charge >= 0.3 is 0 Å². The van der Waals surface area contributed by atoms with Crippen LogP contribution in [-0.4, -0.2) is 6.54 Å². The van der Waals surface area contributed by atoms with Crippen LogP contribution in [0.15, 0.2) is 42.5 Å². The van der Waals surface area contributed by atoms with Gasteiger partial charge in [0.15, 0.2) is 0 Å². The Morgan fingerprint density at radius 1 is 1.21 bits per heavy atom. The molecule has 3 rings (SSSR count). The van der Waals surface area contributed by atoms with Crippen molar-refractivity contribution in [2.45, 2.75) is 13.0 Å². The molecule has 0 fully saturated rings. The molecule has 3 nitrogen and oxygen atoms in total. The standard InChI is InChI=1S/C16H15N3/c17-10-13-3-1-2-4-14(13)11-19-8-7-12-5-6-15(18)9-16(12)19/h1-6,9H,7-8,11,18H2. The smallest absolute Gasteiger partial charge is 0.0995 e. The summed E-state index contributed by atoms with van der Waals surface area (Å²) in [5.74, 6) is 0. The van der Waals surface area contributed by atoms with Gasteiger partial charge in [0.05, 0.1) is 11.6 Å². The first-order valence-electron chi connectivity index (χ1n) is 6.39. The average Bonchev–Trinajstić information content (AvgIpc) is 2.82. The molecule has 0 bridgehead atoms. The van der Waals surface area contributed by atoms with E-state index in [-0.39, 0.29) is 0 Å². The predicted molar refractivity (Wildman–Crippen MR) is 76.8 cm³/mol. The molecule has 0 saturated heterocycles. The van der Waals surface area contributed by atoms with E-state index >= 15 is 0 Å². The Labute approximate surface area is 112 Å². The molecule has 0 saturated carbocycles. The first-order chi connectivity index (χ1) is 9.28. The van der Waals surface area contributed by atoms with E-state index in [1.807, 2.05) is 36.4 Å². The zero-order valence-corrected chi connectivity index (χ0v) is 10.6. The van der Waals surface area contributed by atoms with E-state index in [1.54, 1.807) is 0 Å². The number of nitrogens with zero attached hydrogens (tertiary/aromatic N) is 2. The summed E-state index contributed by atoms with van der Waals surface area (Å²) in [6.45, 7) is 1.75. The lowest BCUT2D eigenvalue weighted by Gasteiger charge is -2.20. The molecule has 3 heteroatoms. The van der Waals surface area contributed by atoms with Crippen molar-refractivity contribution >= 4 is 11.4 Å². The third-order valence-electron chi connectivity index (χ3n) is 3.60. The lowest BCUT2D eigenvalue weighted by Crippen LogP contribution is -2.20. The largest absolute Gasteiger partial charge is 0.399 e. The zero-order valence-electron chi connectivity index (χ0n) is 10.6. The minimum absolute atomic E-state index is 0.750. The minimum atomic E-state index is 0.750. The number of hydrogen-bond donors (Lipinski definition) is 1. The molecule has 94 valence electrons. The van der Waals surface area contributed by atoms with E-state index in [2.05, 4.69) is 17.0 Å². The average molecular weight is 249 g/mol. The van der Waals surface area contributed by atoms with E-state index < -0.39 is 0 Å². The molecule has 0 spiro atoms. The Balaban J connectivity index is 1.91.